The highest BCUT2D eigenvalue weighted by Crippen LogP contribution is 2.08. The van der Waals surface area contributed by atoms with Gasteiger partial charge in [0.15, 0.2) is 0 Å². The van der Waals surface area contributed by atoms with Crippen LogP contribution in [0.3, 0.4) is 0 Å². The Hall–Kier alpha value is -1.77. The van der Waals surface area contributed by atoms with E-state index in [9.17, 15) is 4.79 Å². The second kappa shape index (κ2) is 3.18. The molecule has 0 radical (unpaired) electrons. The van der Waals surface area contributed by atoms with Crippen LogP contribution in [0.4, 0.5) is 0 Å². The van der Waals surface area contributed by atoms with Crippen molar-refractivity contribution in [1.82, 2.24) is 9.55 Å². The third kappa shape index (κ3) is 1.37. The summed E-state index contributed by atoms with van der Waals surface area (Å²) >= 11 is 0. The minimum atomic E-state index is -0.0913. The second-order valence-electron chi connectivity index (χ2n) is 3.41. The molecule has 14 heavy (non-hydrogen) atoms. The van der Waals surface area contributed by atoms with E-state index in [4.69, 9.17) is 0 Å². The first-order valence-corrected chi connectivity index (χ1v) is 4.52. The van der Waals surface area contributed by atoms with Gasteiger partial charge in [-0.1, -0.05) is 17.7 Å². The van der Waals surface area contributed by atoms with Gasteiger partial charge in [-0.3, -0.25) is 4.57 Å². The van der Waals surface area contributed by atoms with Crippen molar-refractivity contribution < 1.29 is 0 Å². The predicted molar refractivity (Wildman–Crippen MR) is 55.9 cm³/mol. The van der Waals surface area contributed by atoms with Crippen LogP contribution in [-0.4, -0.2) is 9.55 Å². The van der Waals surface area contributed by atoms with E-state index in [2.05, 4.69) is 4.98 Å². The van der Waals surface area contributed by atoms with Crippen LogP contribution in [0.5, 0.6) is 0 Å². The summed E-state index contributed by atoms with van der Waals surface area (Å²) in [5.41, 5.74) is 2.92. The van der Waals surface area contributed by atoms with Crippen molar-refractivity contribution in [3.63, 3.8) is 0 Å². The Morgan fingerprint density at radius 2 is 1.79 bits per heavy atom. The highest BCUT2D eigenvalue weighted by atomic mass is 16.1. The number of imidazole rings is 1. The molecule has 0 aliphatic rings. The first kappa shape index (κ1) is 8.81. The Kier molecular flexibility index (Phi) is 2.00. The largest absolute Gasteiger partial charge is 0.330 e. The van der Waals surface area contributed by atoms with Crippen molar-refractivity contribution in [2.45, 2.75) is 13.8 Å². The lowest BCUT2D eigenvalue weighted by molar-refractivity contribution is 0.948. The molecule has 3 heteroatoms. The van der Waals surface area contributed by atoms with Gasteiger partial charge < -0.3 is 4.98 Å². The summed E-state index contributed by atoms with van der Waals surface area (Å²) in [5.74, 6) is 0. The Morgan fingerprint density at radius 3 is 2.29 bits per heavy atom. The summed E-state index contributed by atoms with van der Waals surface area (Å²) in [4.78, 5) is 14.1. The molecular weight excluding hydrogens is 176 g/mol. The molecule has 2 aromatic rings. The van der Waals surface area contributed by atoms with E-state index in [1.807, 2.05) is 38.1 Å². The van der Waals surface area contributed by atoms with Gasteiger partial charge in [0.05, 0.1) is 5.69 Å². The highest BCUT2D eigenvalue weighted by molar-refractivity contribution is 5.35. The summed E-state index contributed by atoms with van der Waals surface area (Å²) in [7, 11) is 0. The molecule has 0 unspecified atom stereocenters. The molecule has 2 rings (SSSR count). The number of hydrogen-bond donors (Lipinski definition) is 1. The number of H-pyrrole nitrogens is 1. The van der Waals surface area contributed by atoms with Crippen molar-refractivity contribution in [1.29, 1.82) is 0 Å². The van der Waals surface area contributed by atoms with Crippen LogP contribution in [0.15, 0.2) is 35.3 Å². The van der Waals surface area contributed by atoms with Gasteiger partial charge in [-0.25, -0.2) is 4.79 Å². The van der Waals surface area contributed by atoms with E-state index in [0.717, 1.165) is 11.4 Å². The molecule has 1 aromatic heterocycles. The van der Waals surface area contributed by atoms with Gasteiger partial charge in [0.1, 0.15) is 0 Å². The van der Waals surface area contributed by atoms with Crippen molar-refractivity contribution in [3.05, 3.63) is 52.2 Å². The Balaban J connectivity index is 2.60. The van der Waals surface area contributed by atoms with Gasteiger partial charge >= 0.3 is 5.69 Å². The summed E-state index contributed by atoms with van der Waals surface area (Å²) < 4.78 is 1.65. The van der Waals surface area contributed by atoms with Crippen LogP contribution in [0.2, 0.25) is 0 Å². The van der Waals surface area contributed by atoms with Gasteiger partial charge in [-0.05, 0) is 26.0 Å². The highest BCUT2D eigenvalue weighted by Gasteiger charge is 2.03. The molecule has 0 spiro atoms. The SMILES string of the molecule is Cc1ccc(-n2c(C)c[nH]c2=O)cc1. The van der Waals surface area contributed by atoms with E-state index >= 15 is 0 Å². The Morgan fingerprint density at radius 1 is 1.14 bits per heavy atom. The van der Waals surface area contributed by atoms with Gasteiger partial charge in [0, 0.05) is 11.9 Å². The molecule has 72 valence electrons. The molecule has 3 nitrogen and oxygen atoms in total. The van der Waals surface area contributed by atoms with E-state index in [-0.39, 0.29) is 5.69 Å². The quantitative estimate of drug-likeness (QED) is 0.727. The third-order valence-electron chi connectivity index (χ3n) is 2.25. The lowest BCUT2D eigenvalue weighted by Gasteiger charge is -2.03. The number of nitrogens with one attached hydrogen (secondary N) is 1. The standard InChI is InChI=1S/C11H12N2O/c1-8-3-5-10(6-4-8)13-9(2)7-12-11(13)14/h3-7H,1-2H3,(H,12,14). The molecule has 0 aliphatic carbocycles. The second-order valence-corrected chi connectivity index (χ2v) is 3.41. The topological polar surface area (TPSA) is 37.8 Å². The smallest absolute Gasteiger partial charge is 0.312 e. The summed E-state index contributed by atoms with van der Waals surface area (Å²) in [6, 6.07) is 7.87. The lowest BCUT2D eigenvalue weighted by atomic mass is 10.2. The van der Waals surface area contributed by atoms with E-state index < -0.39 is 0 Å². The Bertz CT molecular complexity index is 491. The fraction of sp³-hybridized carbons (Fsp3) is 0.182. The maximum atomic E-state index is 11.4. The van der Waals surface area contributed by atoms with E-state index in [1.54, 1.807) is 10.8 Å². The maximum Gasteiger partial charge on any atom is 0.330 e. The molecule has 0 saturated heterocycles. The summed E-state index contributed by atoms with van der Waals surface area (Å²) in [6.07, 6.45) is 1.71. The maximum absolute atomic E-state index is 11.4. The zero-order valence-corrected chi connectivity index (χ0v) is 8.24. The molecular formula is C11H12N2O. The lowest BCUT2D eigenvalue weighted by Crippen LogP contribution is -2.15. The molecule has 0 fully saturated rings. The van der Waals surface area contributed by atoms with Crippen molar-refractivity contribution in [2.75, 3.05) is 0 Å². The first-order valence-electron chi connectivity index (χ1n) is 4.52. The van der Waals surface area contributed by atoms with Crippen LogP contribution >= 0.6 is 0 Å². The van der Waals surface area contributed by atoms with Gasteiger partial charge in [0.25, 0.3) is 0 Å². The fourth-order valence-electron chi connectivity index (χ4n) is 1.47. The van der Waals surface area contributed by atoms with Gasteiger partial charge in [-0.15, -0.1) is 0 Å². The number of aryl methyl sites for hydroxylation is 2. The first-order chi connectivity index (χ1) is 6.68. The van der Waals surface area contributed by atoms with Gasteiger partial charge in [-0.2, -0.15) is 0 Å². The molecule has 0 amide bonds. The Labute approximate surface area is 82.0 Å². The van der Waals surface area contributed by atoms with E-state index in [1.165, 1.54) is 5.56 Å². The van der Waals surface area contributed by atoms with Gasteiger partial charge in [0.2, 0.25) is 0 Å². The van der Waals surface area contributed by atoms with Crippen molar-refractivity contribution >= 4 is 0 Å². The number of hydrogen-bond acceptors (Lipinski definition) is 1. The van der Waals surface area contributed by atoms with Crippen molar-refractivity contribution in [3.8, 4) is 5.69 Å². The summed E-state index contributed by atoms with van der Waals surface area (Å²) in [5, 5.41) is 0. The fourth-order valence-corrected chi connectivity index (χ4v) is 1.47. The minimum Gasteiger partial charge on any atom is -0.312 e. The summed E-state index contributed by atoms with van der Waals surface area (Å²) in [6.45, 7) is 3.92. The molecule has 0 atom stereocenters. The van der Waals surface area contributed by atoms with E-state index in [0.29, 0.717) is 0 Å². The van der Waals surface area contributed by atoms with Crippen LogP contribution in [-0.2, 0) is 0 Å². The predicted octanol–water partition coefficient (Wildman–Crippen LogP) is 1.78. The van der Waals surface area contributed by atoms with Crippen LogP contribution in [0.1, 0.15) is 11.3 Å². The van der Waals surface area contributed by atoms with Crippen LogP contribution < -0.4 is 5.69 Å². The number of aromatic nitrogens is 2. The molecule has 1 N–H and O–H groups in total. The molecule has 1 aromatic carbocycles. The molecule has 0 bridgehead atoms. The zero-order chi connectivity index (χ0) is 10.1. The number of benzene rings is 1. The average Bonchev–Trinajstić information content (AvgIpc) is 2.49. The van der Waals surface area contributed by atoms with Crippen LogP contribution in [0, 0.1) is 13.8 Å². The van der Waals surface area contributed by atoms with Crippen LogP contribution in [0.25, 0.3) is 5.69 Å². The minimum absolute atomic E-state index is 0.0913. The number of aromatic amines is 1. The van der Waals surface area contributed by atoms with Crippen molar-refractivity contribution in [2.24, 2.45) is 0 Å². The molecule has 1 heterocycles. The third-order valence-corrected chi connectivity index (χ3v) is 2.25. The number of nitrogens with zero attached hydrogens (tertiary/aromatic N) is 1. The molecule has 0 aliphatic heterocycles. The zero-order valence-electron chi connectivity index (χ0n) is 8.24. The average molecular weight is 188 g/mol. The number of rotatable bonds is 1. The molecule has 0 saturated carbocycles. The monoisotopic (exact) mass is 188 g/mol. The normalized spacial score (nSPS) is 10.4.